The highest BCUT2D eigenvalue weighted by molar-refractivity contribution is 6.30. The van der Waals surface area contributed by atoms with Crippen molar-refractivity contribution in [3.8, 4) is 11.1 Å². The van der Waals surface area contributed by atoms with Crippen molar-refractivity contribution in [2.75, 3.05) is 7.05 Å². The van der Waals surface area contributed by atoms with Crippen molar-refractivity contribution in [2.45, 2.75) is 46.6 Å². The number of benzene rings is 1. The number of hydrogen-bond acceptors (Lipinski definition) is 2. The van der Waals surface area contributed by atoms with Gasteiger partial charge in [0.2, 0.25) is 0 Å². The molecule has 0 aliphatic carbocycles. The summed E-state index contributed by atoms with van der Waals surface area (Å²) >= 11 is 6.06. The minimum atomic E-state index is 0.0943. The summed E-state index contributed by atoms with van der Waals surface area (Å²) in [4.78, 5) is 12.2. The molecule has 2 aromatic rings. The fraction of sp³-hybridized carbons (Fsp3) is 0.421. The van der Waals surface area contributed by atoms with Crippen LogP contribution in [0.2, 0.25) is 5.02 Å². The van der Waals surface area contributed by atoms with E-state index in [2.05, 4.69) is 18.7 Å². The number of rotatable bonds is 1. The Labute approximate surface area is 144 Å². The summed E-state index contributed by atoms with van der Waals surface area (Å²) in [5, 5.41) is 0.703. The van der Waals surface area contributed by atoms with E-state index in [1.807, 2.05) is 43.5 Å². The average molecular weight is 335 g/mol. The highest BCUT2D eigenvalue weighted by Crippen LogP contribution is 2.30. The normalized spacial score (nSPS) is 15.0. The molecule has 1 atom stereocenters. The summed E-state index contributed by atoms with van der Waals surface area (Å²) in [7, 11) is 1.50. The maximum atomic E-state index is 12.2. The van der Waals surface area contributed by atoms with Crippen molar-refractivity contribution in [3.05, 3.63) is 57.0 Å². The van der Waals surface area contributed by atoms with Crippen LogP contribution in [-0.4, -0.2) is 11.6 Å². The van der Waals surface area contributed by atoms with Crippen molar-refractivity contribution in [1.29, 1.82) is 0 Å². The Morgan fingerprint density at radius 1 is 1.17 bits per heavy atom. The summed E-state index contributed by atoms with van der Waals surface area (Å²) in [5.41, 5.74) is 8.89. The standard InChI is InChI=1S/C16H16ClNO.C2H6.CH5N/c1-10-3-5-13(17)9-15(10)12-7-14-6-4-11(2)18(14)16(19)8-12;2*1-2/h3,5,7-9,11H,4,6H2,1-2H3;1-2H3;2H2,1H3/t11-;;/m1../s1. The van der Waals surface area contributed by atoms with E-state index in [1.54, 1.807) is 6.07 Å². The van der Waals surface area contributed by atoms with Gasteiger partial charge in [-0.05, 0) is 68.6 Å². The average Bonchev–Trinajstić information content (AvgIpc) is 2.95. The van der Waals surface area contributed by atoms with E-state index in [1.165, 1.54) is 7.05 Å². The van der Waals surface area contributed by atoms with Crippen molar-refractivity contribution in [1.82, 2.24) is 4.57 Å². The van der Waals surface area contributed by atoms with Gasteiger partial charge >= 0.3 is 0 Å². The third-order valence-corrected chi connectivity index (χ3v) is 4.15. The third-order valence-electron chi connectivity index (χ3n) is 3.92. The van der Waals surface area contributed by atoms with Crippen LogP contribution in [0.25, 0.3) is 11.1 Å². The van der Waals surface area contributed by atoms with Gasteiger partial charge in [0, 0.05) is 22.8 Å². The molecule has 126 valence electrons. The molecule has 2 N–H and O–H groups in total. The van der Waals surface area contributed by atoms with E-state index >= 15 is 0 Å². The largest absolute Gasteiger partial charge is 0.333 e. The number of nitrogens with two attached hydrogens (primary N) is 1. The second-order valence-corrected chi connectivity index (χ2v) is 5.73. The second-order valence-electron chi connectivity index (χ2n) is 5.29. The molecule has 0 radical (unpaired) electrons. The van der Waals surface area contributed by atoms with E-state index in [9.17, 15) is 4.79 Å². The zero-order valence-corrected chi connectivity index (χ0v) is 15.4. The third kappa shape index (κ3) is 4.24. The van der Waals surface area contributed by atoms with Gasteiger partial charge in [0.05, 0.1) is 0 Å². The summed E-state index contributed by atoms with van der Waals surface area (Å²) in [5.74, 6) is 0. The lowest BCUT2D eigenvalue weighted by Crippen LogP contribution is -2.20. The lowest BCUT2D eigenvalue weighted by molar-refractivity contribution is 0.564. The van der Waals surface area contributed by atoms with Crippen LogP contribution in [0.1, 0.15) is 44.5 Å². The van der Waals surface area contributed by atoms with E-state index in [4.69, 9.17) is 11.6 Å². The van der Waals surface area contributed by atoms with Crippen LogP contribution in [-0.2, 0) is 6.42 Å². The summed E-state index contributed by atoms with van der Waals surface area (Å²) < 4.78 is 1.91. The number of fused-ring (bicyclic) bond motifs is 1. The molecule has 1 aromatic carbocycles. The van der Waals surface area contributed by atoms with Crippen molar-refractivity contribution in [2.24, 2.45) is 5.73 Å². The number of halogens is 1. The smallest absolute Gasteiger partial charge is 0.251 e. The lowest BCUT2D eigenvalue weighted by atomic mass is 10.0. The van der Waals surface area contributed by atoms with E-state index < -0.39 is 0 Å². The SMILES string of the molecule is CC.CN.Cc1ccc(Cl)cc1-c1cc2n(c(=O)c1)[C@H](C)CC2. The minimum Gasteiger partial charge on any atom is -0.333 e. The van der Waals surface area contributed by atoms with Crippen LogP contribution in [0.15, 0.2) is 35.1 Å². The Morgan fingerprint density at radius 2 is 1.83 bits per heavy atom. The lowest BCUT2D eigenvalue weighted by Gasteiger charge is -2.12. The number of hydrogen-bond donors (Lipinski definition) is 1. The quantitative estimate of drug-likeness (QED) is 0.829. The zero-order valence-electron chi connectivity index (χ0n) is 14.7. The first-order valence-electron chi connectivity index (χ1n) is 8.16. The van der Waals surface area contributed by atoms with Crippen LogP contribution < -0.4 is 11.3 Å². The van der Waals surface area contributed by atoms with Crippen LogP contribution in [0.5, 0.6) is 0 Å². The molecule has 0 saturated heterocycles. The summed E-state index contributed by atoms with van der Waals surface area (Å²) in [6.07, 6.45) is 2.02. The predicted molar refractivity (Wildman–Crippen MR) is 100 cm³/mol. The molecule has 3 rings (SSSR count). The Hall–Kier alpha value is -1.58. The van der Waals surface area contributed by atoms with Gasteiger partial charge in [-0.15, -0.1) is 0 Å². The first-order chi connectivity index (χ1) is 11.1. The number of pyridine rings is 1. The number of aryl methyl sites for hydroxylation is 2. The Bertz CT molecular complexity index is 707. The molecule has 23 heavy (non-hydrogen) atoms. The summed E-state index contributed by atoms with van der Waals surface area (Å²) in [6, 6.07) is 9.97. The molecule has 0 saturated carbocycles. The van der Waals surface area contributed by atoms with Gasteiger partial charge in [-0.2, -0.15) is 0 Å². The number of nitrogens with zero attached hydrogens (tertiary/aromatic N) is 1. The van der Waals surface area contributed by atoms with Crippen molar-refractivity contribution in [3.63, 3.8) is 0 Å². The van der Waals surface area contributed by atoms with Crippen LogP contribution in [0, 0.1) is 6.92 Å². The molecule has 0 amide bonds. The molecule has 2 heterocycles. The van der Waals surface area contributed by atoms with Gasteiger partial charge in [0.25, 0.3) is 5.56 Å². The molecular weight excluding hydrogens is 308 g/mol. The zero-order chi connectivity index (χ0) is 17.6. The molecule has 0 spiro atoms. The molecule has 1 aliphatic heterocycles. The molecule has 1 aromatic heterocycles. The molecular formula is C19H27ClN2O. The topological polar surface area (TPSA) is 48.0 Å². The van der Waals surface area contributed by atoms with Crippen LogP contribution >= 0.6 is 11.6 Å². The maximum absolute atomic E-state index is 12.2. The van der Waals surface area contributed by atoms with Crippen LogP contribution in [0.4, 0.5) is 0 Å². The minimum absolute atomic E-state index is 0.0943. The van der Waals surface area contributed by atoms with Gasteiger partial charge in [-0.25, -0.2) is 0 Å². The van der Waals surface area contributed by atoms with Gasteiger partial charge in [-0.1, -0.05) is 31.5 Å². The fourth-order valence-corrected chi connectivity index (χ4v) is 3.05. The van der Waals surface area contributed by atoms with E-state index in [0.29, 0.717) is 11.1 Å². The first-order valence-corrected chi connectivity index (χ1v) is 8.54. The molecule has 4 heteroatoms. The molecule has 0 fully saturated rings. The number of aromatic nitrogens is 1. The van der Waals surface area contributed by atoms with Crippen molar-refractivity contribution >= 4 is 11.6 Å². The Kier molecular flexibility index (Phi) is 7.53. The van der Waals surface area contributed by atoms with Gasteiger partial charge in [0.15, 0.2) is 0 Å². The molecule has 0 unspecified atom stereocenters. The second kappa shape index (κ2) is 8.90. The Balaban J connectivity index is 0.000000615. The maximum Gasteiger partial charge on any atom is 0.251 e. The van der Waals surface area contributed by atoms with E-state index in [0.717, 1.165) is 35.2 Å². The molecule has 0 bridgehead atoms. The summed E-state index contributed by atoms with van der Waals surface area (Å²) in [6.45, 7) is 8.14. The molecule has 1 aliphatic rings. The monoisotopic (exact) mass is 334 g/mol. The van der Waals surface area contributed by atoms with Gasteiger partial charge < -0.3 is 10.3 Å². The highest BCUT2D eigenvalue weighted by Gasteiger charge is 2.20. The van der Waals surface area contributed by atoms with Crippen LogP contribution in [0.3, 0.4) is 0 Å². The van der Waals surface area contributed by atoms with Crippen molar-refractivity contribution < 1.29 is 0 Å². The Morgan fingerprint density at radius 3 is 2.48 bits per heavy atom. The van der Waals surface area contributed by atoms with Gasteiger partial charge in [0.1, 0.15) is 0 Å². The van der Waals surface area contributed by atoms with Gasteiger partial charge in [-0.3, -0.25) is 4.79 Å². The fourth-order valence-electron chi connectivity index (χ4n) is 2.87. The molecule has 3 nitrogen and oxygen atoms in total. The first kappa shape index (κ1) is 19.5. The predicted octanol–water partition coefficient (Wildman–Crippen LogP) is 4.59. The highest BCUT2D eigenvalue weighted by atomic mass is 35.5. The van der Waals surface area contributed by atoms with E-state index in [-0.39, 0.29) is 5.56 Å².